The molecule has 0 aliphatic heterocycles. The highest BCUT2D eigenvalue weighted by Gasteiger charge is 2.07. The summed E-state index contributed by atoms with van der Waals surface area (Å²) in [7, 11) is 0. The van der Waals surface area contributed by atoms with Crippen molar-refractivity contribution in [1.82, 2.24) is 9.55 Å². The first kappa shape index (κ1) is 13.6. The molecular weight excluding hydrogens is 238 g/mol. The van der Waals surface area contributed by atoms with E-state index >= 15 is 0 Å². The Balaban J connectivity index is 1.91. The smallest absolute Gasteiger partial charge is 0.122 e. The largest absolute Gasteiger partial charge is 0.491 e. The van der Waals surface area contributed by atoms with Crippen molar-refractivity contribution in [2.45, 2.75) is 32.4 Å². The molecule has 1 atom stereocenters. The van der Waals surface area contributed by atoms with Gasteiger partial charge in [-0.15, -0.1) is 0 Å². The topological polar surface area (TPSA) is 53.1 Å². The highest BCUT2D eigenvalue weighted by atomic mass is 16.5. The number of nitrogens with zero attached hydrogens (tertiary/aromatic N) is 2. The molecule has 0 amide bonds. The van der Waals surface area contributed by atoms with Crippen molar-refractivity contribution in [2.75, 3.05) is 6.61 Å². The number of benzene rings is 1. The number of para-hydroxylation sites is 1. The van der Waals surface area contributed by atoms with Crippen LogP contribution in [0, 0.1) is 0 Å². The van der Waals surface area contributed by atoms with E-state index in [9.17, 15) is 0 Å². The summed E-state index contributed by atoms with van der Waals surface area (Å²) in [4.78, 5) is 4.01. The molecule has 0 fully saturated rings. The van der Waals surface area contributed by atoms with E-state index in [1.807, 2.05) is 29.0 Å². The molecule has 1 unspecified atom stereocenters. The minimum absolute atomic E-state index is 0.193. The van der Waals surface area contributed by atoms with Gasteiger partial charge in [-0.3, -0.25) is 0 Å². The minimum atomic E-state index is 0.193. The Morgan fingerprint density at radius 2 is 2.21 bits per heavy atom. The number of hydrogen-bond acceptors (Lipinski definition) is 3. The second-order valence-electron chi connectivity index (χ2n) is 4.63. The monoisotopic (exact) mass is 259 g/mol. The van der Waals surface area contributed by atoms with Crippen molar-refractivity contribution in [3.8, 4) is 5.75 Å². The van der Waals surface area contributed by atoms with Gasteiger partial charge in [0.1, 0.15) is 12.4 Å². The Bertz CT molecular complexity index is 482. The zero-order valence-corrected chi connectivity index (χ0v) is 11.3. The number of rotatable bonds is 7. The molecule has 0 saturated carbocycles. The quantitative estimate of drug-likeness (QED) is 0.829. The molecule has 2 rings (SSSR count). The van der Waals surface area contributed by atoms with Gasteiger partial charge in [-0.2, -0.15) is 0 Å². The molecule has 0 saturated heterocycles. The first-order chi connectivity index (χ1) is 9.29. The van der Waals surface area contributed by atoms with Crippen molar-refractivity contribution in [1.29, 1.82) is 0 Å². The van der Waals surface area contributed by atoms with Gasteiger partial charge in [-0.1, -0.05) is 25.1 Å². The Labute approximate surface area is 114 Å². The van der Waals surface area contributed by atoms with E-state index < -0.39 is 0 Å². The summed E-state index contributed by atoms with van der Waals surface area (Å²) in [5, 5.41) is 0. The summed E-state index contributed by atoms with van der Waals surface area (Å²) in [6, 6.07) is 8.31. The van der Waals surface area contributed by atoms with E-state index in [0.717, 1.165) is 25.1 Å². The zero-order valence-electron chi connectivity index (χ0n) is 11.3. The summed E-state index contributed by atoms with van der Waals surface area (Å²) in [6.45, 7) is 3.54. The van der Waals surface area contributed by atoms with Crippen molar-refractivity contribution in [3.05, 3.63) is 48.5 Å². The lowest BCUT2D eigenvalue weighted by molar-refractivity contribution is 0.294. The molecule has 0 aliphatic rings. The van der Waals surface area contributed by atoms with Crippen LogP contribution < -0.4 is 10.5 Å². The third kappa shape index (κ3) is 4.10. The van der Waals surface area contributed by atoms with Crippen LogP contribution in [0.3, 0.4) is 0 Å². The first-order valence-corrected chi connectivity index (χ1v) is 6.71. The van der Waals surface area contributed by atoms with Gasteiger partial charge < -0.3 is 15.0 Å². The number of aromatic nitrogens is 2. The molecule has 2 N–H and O–H groups in total. The van der Waals surface area contributed by atoms with Gasteiger partial charge in [0.2, 0.25) is 0 Å². The molecule has 0 bridgehead atoms. The van der Waals surface area contributed by atoms with Crippen LogP contribution in [-0.2, 0) is 13.0 Å². The van der Waals surface area contributed by atoms with Crippen LogP contribution in [0.15, 0.2) is 43.0 Å². The molecule has 102 valence electrons. The number of nitrogens with two attached hydrogens (primary N) is 1. The van der Waals surface area contributed by atoms with Crippen LogP contribution in [-0.4, -0.2) is 22.2 Å². The van der Waals surface area contributed by atoms with Crippen LogP contribution in [0.1, 0.15) is 18.9 Å². The molecule has 1 aromatic heterocycles. The van der Waals surface area contributed by atoms with Crippen LogP contribution in [0.5, 0.6) is 5.75 Å². The molecule has 2 aromatic rings. The predicted molar refractivity (Wildman–Crippen MR) is 76.1 cm³/mol. The minimum Gasteiger partial charge on any atom is -0.491 e. The zero-order chi connectivity index (χ0) is 13.5. The average molecular weight is 259 g/mol. The number of hydrogen-bond donors (Lipinski definition) is 1. The standard InChI is InChI=1S/C15H21N3O/c1-2-14(16)11-13-5-3-4-6-15(13)19-10-9-18-8-7-17-12-18/h3-8,12,14H,2,9-11,16H2,1H3. The molecule has 0 radical (unpaired) electrons. The molecule has 1 heterocycles. The highest BCUT2D eigenvalue weighted by molar-refractivity contribution is 5.33. The van der Waals surface area contributed by atoms with Crippen molar-refractivity contribution >= 4 is 0 Å². The van der Waals surface area contributed by atoms with Gasteiger partial charge >= 0.3 is 0 Å². The lowest BCUT2D eigenvalue weighted by Crippen LogP contribution is -2.21. The number of imidazole rings is 1. The summed E-state index contributed by atoms with van der Waals surface area (Å²) in [6.07, 6.45) is 7.33. The lowest BCUT2D eigenvalue weighted by atomic mass is 10.0. The maximum Gasteiger partial charge on any atom is 0.122 e. The van der Waals surface area contributed by atoms with Gasteiger partial charge in [-0.25, -0.2) is 4.98 Å². The van der Waals surface area contributed by atoms with Crippen molar-refractivity contribution < 1.29 is 4.74 Å². The van der Waals surface area contributed by atoms with Crippen LogP contribution in [0.2, 0.25) is 0 Å². The van der Waals surface area contributed by atoms with Crippen LogP contribution in [0.4, 0.5) is 0 Å². The highest BCUT2D eigenvalue weighted by Crippen LogP contribution is 2.19. The van der Waals surface area contributed by atoms with Gasteiger partial charge in [0, 0.05) is 18.4 Å². The van der Waals surface area contributed by atoms with Crippen LogP contribution in [0.25, 0.3) is 0 Å². The maximum absolute atomic E-state index is 6.01. The summed E-state index contributed by atoms with van der Waals surface area (Å²) >= 11 is 0. The molecular formula is C15H21N3O. The third-order valence-electron chi connectivity index (χ3n) is 3.15. The fourth-order valence-corrected chi connectivity index (χ4v) is 1.92. The Morgan fingerprint density at radius 3 is 2.95 bits per heavy atom. The SMILES string of the molecule is CCC(N)Cc1ccccc1OCCn1ccnc1. The Kier molecular flexibility index (Phi) is 4.98. The second-order valence-corrected chi connectivity index (χ2v) is 4.63. The molecule has 4 nitrogen and oxygen atoms in total. The van der Waals surface area contributed by atoms with E-state index in [-0.39, 0.29) is 6.04 Å². The summed E-state index contributed by atoms with van der Waals surface area (Å²) < 4.78 is 7.85. The first-order valence-electron chi connectivity index (χ1n) is 6.71. The molecule has 0 aliphatic carbocycles. The third-order valence-corrected chi connectivity index (χ3v) is 3.15. The molecule has 0 spiro atoms. The van der Waals surface area contributed by atoms with E-state index in [2.05, 4.69) is 18.0 Å². The van der Waals surface area contributed by atoms with Crippen LogP contribution >= 0.6 is 0 Å². The Morgan fingerprint density at radius 1 is 1.37 bits per heavy atom. The summed E-state index contributed by atoms with van der Waals surface area (Å²) in [5.74, 6) is 0.937. The van der Waals surface area contributed by atoms with Crippen molar-refractivity contribution in [3.63, 3.8) is 0 Å². The van der Waals surface area contributed by atoms with Gasteiger partial charge in [-0.05, 0) is 24.5 Å². The fraction of sp³-hybridized carbons (Fsp3) is 0.400. The lowest BCUT2D eigenvalue weighted by Gasteiger charge is -2.14. The Hall–Kier alpha value is -1.81. The number of ether oxygens (including phenoxy) is 1. The normalized spacial score (nSPS) is 12.3. The van der Waals surface area contributed by atoms with E-state index in [4.69, 9.17) is 10.5 Å². The van der Waals surface area contributed by atoms with E-state index in [1.165, 1.54) is 5.56 Å². The molecule has 1 aromatic carbocycles. The van der Waals surface area contributed by atoms with Gasteiger partial charge in [0.05, 0.1) is 12.9 Å². The summed E-state index contributed by atoms with van der Waals surface area (Å²) in [5.41, 5.74) is 7.19. The second kappa shape index (κ2) is 6.95. The predicted octanol–water partition coefficient (Wildman–Crippen LogP) is 2.24. The van der Waals surface area contributed by atoms with Gasteiger partial charge in [0.25, 0.3) is 0 Å². The van der Waals surface area contributed by atoms with E-state index in [1.54, 1.807) is 12.5 Å². The van der Waals surface area contributed by atoms with Gasteiger partial charge in [0.15, 0.2) is 0 Å². The van der Waals surface area contributed by atoms with Crippen molar-refractivity contribution in [2.24, 2.45) is 5.73 Å². The fourth-order valence-electron chi connectivity index (χ4n) is 1.92. The average Bonchev–Trinajstić information content (AvgIpc) is 2.94. The maximum atomic E-state index is 6.01. The molecule has 19 heavy (non-hydrogen) atoms. The van der Waals surface area contributed by atoms with E-state index in [0.29, 0.717) is 6.61 Å². The molecule has 4 heteroatoms.